The highest BCUT2D eigenvalue weighted by Crippen LogP contribution is 2.53. The van der Waals surface area contributed by atoms with Gasteiger partial charge in [0.05, 0.1) is 11.6 Å². The number of rotatable bonds is 6. The Bertz CT molecular complexity index is 1490. The Morgan fingerprint density at radius 3 is 2.33 bits per heavy atom. The number of nitrogens with zero attached hydrogens (tertiary/aromatic N) is 1. The number of carbonyl (C=O) groups is 3. The molecule has 10 nitrogen and oxygen atoms in total. The fraction of sp³-hybridized carbons (Fsp3) is 0.367. The topological polar surface area (TPSA) is 182 Å². The van der Waals surface area contributed by atoms with E-state index in [0.29, 0.717) is 12.0 Å². The van der Waals surface area contributed by atoms with Gasteiger partial charge in [0.15, 0.2) is 11.4 Å². The zero-order chi connectivity index (χ0) is 29.1. The molecule has 4 atom stereocenters. The molecule has 0 heterocycles. The molecule has 1 saturated carbocycles. The summed E-state index contributed by atoms with van der Waals surface area (Å²) in [5, 5.41) is 54.2. The van der Waals surface area contributed by atoms with Crippen molar-refractivity contribution in [3.63, 3.8) is 0 Å². The molecule has 0 unspecified atom stereocenters. The molecule has 7 N–H and O–H groups in total. The van der Waals surface area contributed by atoms with E-state index in [1.54, 1.807) is 32.3 Å². The summed E-state index contributed by atoms with van der Waals surface area (Å²) in [6.07, 6.45) is 2.41. The first-order valence-electron chi connectivity index (χ1n) is 13.1. The smallest absolute Gasteiger partial charge is 0.255 e. The molecule has 2 aromatic rings. The number of benzene rings is 2. The molecule has 0 aliphatic heterocycles. The number of Topliss-reactive ketones (excluding diaryl/α,β-unsaturated/α-hetero) is 2. The highest BCUT2D eigenvalue weighted by Gasteiger charge is 2.64. The average Bonchev–Trinajstić information content (AvgIpc) is 2.88. The van der Waals surface area contributed by atoms with Gasteiger partial charge in [-0.2, -0.15) is 0 Å². The minimum atomic E-state index is -2.65. The molecule has 0 aromatic heterocycles. The van der Waals surface area contributed by atoms with Gasteiger partial charge in [0, 0.05) is 11.5 Å². The van der Waals surface area contributed by atoms with E-state index in [9.17, 15) is 39.9 Å². The van der Waals surface area contributed by atoms with Crippen LogP contribution in [0.2, 0.25) is 0 Å². The van der Waals surface area contributed by atoms with Crippen molar-refractivity contribution >= 4 is 23.2 Å². The van der Waals surface area contributed by atoms with Gasteiger partial charge in [0.25, 0.3) is 5.91 Å². The van der Waals surface area contributed by atoms with Crippen LogP contribution in [0.3, 0.4) is 0 Å². The molecular weight excluding hydrogens is 516 g/mol. The number of likely N-dealkylation sites (N-methyl/N-ethyl adjacent to an activating group) is 1. The number of aliphatic hydroxyl groups excluding tert-OH is 2. The molecule has 0 spiro atoms. The summed E-state index contributed by atoms with van der Waals surface area (Å²) in [5.74, 6) is -6.42. The van der Waals surface area contributed by atoms with Crippen LogP contribution in [0.1, 0.15) is 35.1 Å². The van der Waals surface area contributed by atoms with E-state index >= 15 is 0 Å². The summed E-state index contributed by atoms with van der Waals surface area (Å²) < 4.78 is 0. The van der Waals surface area contributed by atoms with Crippen molar-refractivity contribution in [1.29, 1.82) is 0 Å². The molecule has 10 heteroatoms. The van der Waals surface area contributed by atoms with Gasteiger partial charge in [-0.1, -0.05) is 18.2 Å². The minimum absolute atomic E-state index is 0.0500. The summed E-state index contributed by atoms with van der Waals surface area (Å²) in [6, 6.07) is 9.05. The van der Waals surface area contributed by atoms with E-state index in [-0.39, 0.29) is 35.5 Å². The van der Waals surface area contributed by atoms with Crippen LogP contribution in [0.5, 0.6) is 11.5 Å². The van der Waals surface area contributed by atoms with Gasteiger partial charge in [0.2, 0.25) is 5.78 Å². The monoisotopic (exact) mass is 548 g/mol. The Labute approximate surface area is 230 Å². The first-order valence-corrected chi connectivity index (χ1v) is 13.1. The average molecular weight is 549 g/mol. The molecule has 3 aliphatic carbocycles. The molecule has 0 saturated heterocycles. The van der Waals surface area contributed by atoms with Gasteiger partial charge in [0.1, 0.15) is 28.6 Å². The normalized spacial score (nSPS) is 26.1. The highest BCUT2D eigenvalue weighted by molar-refractivity contribution is 6.24. The number of primary amides is 1. The van der Waals surface area contributed by atoms with E-state index in [1.807, 2.05) is 12.1 Å². The van der Waals surface area contributed by atoms with Gasteiger partial charge in [-0.15, -0.1) is 0 Å². The Kier molecular flexibility index (Phi) is 6.71. The Morgan fingerprint density at radius 1 is 1.02 bits per heavy atom. The number of phenolic OH excluding ortho intramolecular Hbond substituents is 2. The van der Waals surface area contributed by atoms with E-state index < -0.39 is 58.0 Å². The van der Waals surface area contributed by atoms with E-state index in [1.165, 1.54) is 11.0 Å². The van der Waals surface area contributed by atoms with Crippen LogP contribution in [0.4, 0.5) is 0 Å². The maximum atomic E-state index is 13.9. The predicted molar refractivity (Wildman–Crippen MR) is 144 cm³/mol. The lowest BCUT2D eigenvalue weighted by molar-refractivity contribution is -0.153. The fourth-order valence-corrected chi connectivity index (χ4v) is 6.69. The van der Waals surface area contributed by atoms with Crippen LogP contribution in [-0.2, 0) is 33.6 Å². The molecule has 40 heavy (non-hydrogen) atoms. The highest BCUT2D eigenvalue weighted by atomic mass is 16.3. The molecule has 2 aromatic carbocycles. The maximum Gasteiger partial charge on any atom is 0.255 e. The number of aryl methyl sites for hydroxylation is 2. The third-order valence-electron chi connectivity index (χ3n) is 8.55. The van der Waals surface area contributed by atoms with Crippen molar-refractivity contribution < 1.29 is 39.9 Å². The predicted octanol–water partition coefficient (Wildman–Crippen LogP) is 1.84. The molecule has 210 valence electrons. The van der Waals surface area contributed by atoms with Crippen molar-refractivity contribution in [1.82, 2.24) is 4.90 Å². The second-order valence-electron chi connectivity index (χ2n) is 11.1. The lowest BCUT2D eigenvalue weighted by Crippen LogP contribution is -2.65. The van der Waals surface area contributed by atoms with E-state index in [0.717, 1.165) is 24.0 Å². The van der Waals surface area contributed by atoms with Crippen molar-refractivity contribution in [3.05, 3.63) is 75.6 Å². The third-order valence-corrected chi connectivity index (χ3v) is 8.55. The maximum absolute atomic E-state index is 13.9. The lowest BCUT2D eigenvalue weighted by Gasteiger charge is -2.50. The number of amides is 1. The quantitative estimate of drug-likeness (QED) is 0.294. The standard InChI is InChI=1S/C30H32N2O8/c1-32(2)24-19-13-16-12-18-15(5-3-4-14-6-9-17(33)10-7-14)8-11-20(34)22(18)25(35)21(16)27(37)30(19,40)28(38)23(26(24)36)29(31)39/h6-11,16,19,24,33-35,38,40H,3-5,12-13H2,1-2H3,(H2,31,39)/t16-,19-,24-,30-/m1/s1. The summed E-state index contributed by atoms with van der Waals surface area (Å²) in [7, 11) is 3.13. The number of hydrogen-bond acceptors (Lipinski definition) is 9. The molecule has 5 rings (SSSR count). The molecule has 3 aliphatic rings. The van der Waals surface area contributed by atoms with E-state index in [4.69, 9.17) is 5.73 Å². The SMILES string of the molecule is CN(C)[C@H]1C(=O)C(C(N)=O)=C(O)[C@]2(O)C(=O)C3=C(O)c4c(O)ccc(CCCc5ccc(O)cc5)c4C[C@@H]3C[C@H]12. The Hall–Kier alpha value is -4.15. The molecule has 1 amide bonds. The first-order chi connectivity index (χ1) is 18.9. The first kappa shape index (κ1) is 27.4. The largest absolute Gasteiger partial charge is 0.508 e. The molecular formula is C30H32N2O8. The van der Waals surface area contributed by atoms with Crippen molar-refractivity contribution in [3.8, 4) is 11.5 Å². The van der Waals surface area contributed by atoms with Gasteiger partial charge in [-0.25, -0.2) is 0 Å². The molecule has 0 radical (unpaired) electrons. The van der Waals surface area contributed by atoms with Crippen LogP contribution in [0.25, 0.3) is 5.76 Å². The fourth-order valence-electron chi connectivity index (χ4n) is 6.69. The van der Waals surface area contributed by atoms with Crippen molar-refractivity contribution in [2.24, 2.45) is 17.6 Å². The number of aromatic hydroxyl groups is 2. The zero-order valence-electron chi connectivity index (χ0n) is 22.2. The Balaban J connectivity index is 1.56. The summed E-state index contributed by atoms with van der Waals surface area (Å²) in [4.78, 5) is 40.7. The zero-order valence-corrected chi connectivity index (χ0v) is 22.2. The summed E-state index contributed by atoms with van der Waals surface area (Å²) in [5.41, 5.74) is 4.41. The van der Waals surface area contributed by atoms with Gasteiger partial charge < -0.3 is 31.3 Å². The number of hydrogen-bond donors (Lipinski definition) is 6. The summed E-state index contributed by atoms with van der Waals surface area (Å²) >= 11 is 0. The Morgan fingerprint density at radius 2 is 1.70 bits per heavy atom. The number of carbonyl (C=O) groups excluding carboxylic acids is 3. The van der Waals surface area contributed by atoms with Gasteiger partial charge in [-0.3, -0.25) is 19.3 Å². The van der Waals surface area contributed by atoms with Crippen molar-refractivity contribution in [2.75, 3.05) is 14.1 Å². The number of fused-ring (bicyclic) bond motifs is 3. The lowest BCUT2D eigenvalue weighted by atomic mass is 9.57. The second kappa shape index (κ2) is 9.79. The van der Waals surface area contributed by atoms with Crippen molar-refractivity contribution in [2.45, 2.75) is 43.7 Å². The van der Waals surface area contributed by atoms with Gasteiger partial charge >= 0.3 is 0 Å². The van der Waals surface area contributed by atoms with Crippen LogP contribution >= 0.6 is 0 Å². The number of ketones is 2. The van der Waals surface area contributed by atoms with Crippen LogP contribution in [-0.4, -0.2) is 73.6 Å². The number of nitrogens with two attached hydrogens (primary N) is 1. The molecule has 0 bridgehead atoms. The van der Waals surface area contributed by atoms with Crippen LogP contribution < -0.4 is 5.73 Å². The summed E-state index contributed by atoms with van der Waals surface area (Å²) in [6.45, 7) is 0. The number of aliphatic hydroxyl groups is 3. The minimum Gasteiger partial charge on any atom is -0.508 e. The number of phenols is 2. The van der Waals surface area contributed by atoms with E-state index in [2.05, 4.69) is 0 Å². The molecule has 1 fully saturated rings. The van der Waals surface area contributed by atoms with Crippen LogP contribution in [0.15, 0.2) is 53.3 Å². The third kappa shape index (κ3) is 4.06. The second-order valence-corrected chi connectivity index (χ2v) is 11.1. The van der Waals surface area contributed by atoms with Crippen LogP contribution in [0, 0.1) is 11.8 Å². The van der Waals surface area contributed by atoms with Gasteiger partial charge in [-0.05, 0) is 87.0 Å².